The fraction of sp³-hybridized carbons (Fsp3) is 0.615. The van der Waals surface area contributed by atoms with Gasteiger partial charge in [0.1, 0.15) is 0 Å². The maximum Gasteiger partial charge on any atom is 0.287 e. The molecule has 112 valence electrons. The Kier molecular flexibility index (Phi) is 3.93. The van der Waals surface area contributed by atoms with Gasteiger partial charge in [-0.2, -0.15) is 0 Å². The molecule has 1 amide bonds. The molecule has 7 heteroatoms. The first kappa shape index (κ1) is 15.1. The molecule has 0 radical (unpaired) electrons. The molecule has 6 nitrogen and oxygen atoms in total. The average Bonchev–Trinajstić information content (AvgIpc) is 3.11. The van der Waals surface area contributed by atoms with Gasteiger partial charge in [0, 0.05) is 19.9 Å². The van der Waals surface area contributed by atoms with Crippen LogP contribution < -0.4 is 5.32 Å². The Bertz CT molecular complexity index is 602. The molecule has 0 saturated heterocycles. The zero-order valence-corrected chi connectivity index (χ0v) is 12.6. The summed E-state index contributed by atoms with van der Waals surface area (Å²) < 4.78 is 33.1. The number of furan rings is 1. The molecule has 1 heterocycles. The van der Waals surface area contributed by atoms with Crippen molar-refractivity contribution >= 4 is 15.7 Å². The first-order valence-electron chi connectivity index (χ1n) is 6.39. The Balaban J connectivity index is 2.00. The molecule has 2 rings (SSSR count). The number of methoxy groups -OCH3 is 1. The summed E-state index contributed by atoms with van der Waals surface area (Å²) in [5.74, 6) is -0.000480. The second-order valence-electron chi connectivity index (χ2n) is 5.36. The second kappa shape index (κ2) is 5.21. The monoisotopic (exact) mass is 301 g/mol. The van der Waals surface area contributed by atoms with Crippen molar-refractivity contribution in [1.29, 1.82) is 0 Å². The van der Waals surface area contributed by atoms with Crippen LogP contribution in [0.25, 0.3) is 0 Å². The van der Waals surface area contributed by atoms with Crippen LogP contribution in [0.1, 0.15) is 30.3 Å². The average molecular weight is 301 g/mol. The molecule has 0 spiro atoms. The Labute approximate surface area is 118 Å². The van der Waals surface area contributed by atoms with E-state index in [1.807, 2.05) is 6.92 Å². The van der Waals surface area contributed by atoms with Crippen molar-refractivity contribution in [3.05, 3.63) is 17.9 Å². The summed E-state index contributed by atoms with van der Waals surface area (Å²) >= 11 is 0. The second-order valence-corrected chi connectivity index (χ2v) is 7.31. The minimum absolute atomic E-state index is 0.0142. The highest BCUT2D eigenvalue weighted by molar-refractivity contribution is 7.90. The summed E-state index contributed by atoms with van der Waals surface area (Å²) in [5.41, 5.74) is -0.387. The molecule has 0 aromatic carbocycles. The Morgan fingerprint density at radius 2 is 2.15 bits per heavy atom. The number of nitrogens with one attached hydrogen (secondary N) is 1. The van der Waals surface area contributed by atoms with Gasteiger partial charge < -0.3 is 14.5 Å². The van der Waals surface area contributed by atoms with Crippen molar-refractivity contribution in [3.63, 3.8) is 0 Å². The third kappa shape index (κ3) is 3.21. The minimum atomic E-state index is -3.44. The lowest BCUT2D eigenvalue weighted by atomic mass is 10.0. The van der Waals surface area contributed by atoms with Gasteiger partial charge in [0.05, 0.1) is 5.60 Å². The third-order valence-corrected chi connectivity index (χ3v) is 4.63. The van der Waals surface area contributed by atoms with Crippen molar-refractivity contribution in [3.8, 4) is 0 Å². The number of hydrogen-bond donors (Lipinski definition) is 1. The first-order valence-corrected chi connectivity index (χ1v) is 8.28. The van der Waals surface area contributed by atoms with Gasteiger partial charge in [-0.25, -0.2) is 8.42 Å². The number of amides is 1. The summed E-state index contributed by atoms with van der Waals surface area (Å²) in [5, 5.41) is 2.52. The maximum absolute atomic E-state index is 11.9. The Hall–Kier alpha value is -1.34. The van der Waals surface area contributed by atoms with Gasteiger partial charge in [-0.3, -0.25) is 4.79 Å². The van der Waals surface area contributed by atoms with Crippen molar-refractivity contribution in [2.45, 2.75) is 30.5 Å². The Morgan fingerprint density at radius 3 is 2.60 bits per heavy atom. The topological polar surface area (TPSA) is 85.6 Å². The van der Waals surface area contributed by atoms with Gasteiger partial charge in [0.15, 0.2) is 5.76 Å². The summed E-state index contributed by atoms with van der Waals surface area (Å²) in [6.45, 7) is 2.32. The fourth-order valence-corrected chi connectivity index (χ4v) is 2.62. The van der Waals surface area contributed by atoms with E-state index in [1.54, 1.807) is 7.11 Å². The van der Waals surface area contributed by atoms with Crippen LogP contribution in [0.4, 0.5) is 0 Å². The molecule has 20 heavy (non-hydrogen) atoms. The summed E-state index contributed by atoms with van der Waals surface area (Å²) in [6.07, 6.45) is 3.22. The number of sulfone groups is 1. The van der Waals surface area contributed by atoms with Crippen LogP contribution in [0.3, 0.4) is 0 Å². The molecule has 1 aromatic heterocycles. The van der Waals surface area contributed by atoms with Crippen molar-refractivity contribution < 1.29 is 22.4 Å². The minimum Gasteiger partial charge on any atom is -0.440 e. The lowest BCUT2D eigenvalue weighted by Gasteiger charge is -2.28. The molecule has 1 atom stereocenters. The zero-order chi connectivity index (χ0) is 15.0. The number of carbonyl (C=O) groups is 1. The maximum atomic E-state index is 11.9. The number of rotatable bonds is 6. The quantitative estimate of drug-likeness (QED) is 0.854. The van der Waals surface area contributed by atoms with Crippen LogP contribution in [-0.4, -0.2) is 39.8 Å². The van der Waals surface area contributed by atoms with Crippen LogP contribution in [-0.2, 0) is 14.6 Å². The van der Waals surface area contributed by atoms with Crippen LogP contribution in [0.15, 0.2) is 21.6 Å². The van der Waals surface area contributed by atoms with Crippen LogP contribution in [0, 0.1) is 5.92 Å². The largest absolute Gasteiger partial charge is 0.440 e. The third-order valence-electron chi connectivity index (χ3n) is 3.68. The van der Waals surface area contributed by atoms with E-state index in [0.717, 1.165) is 19.1 Å². The van der Waals surface area contributed by atoms with Gasteiger partial charge in [-0.15, -0.1) is 0 Å². The number of hydrogen-bond acceptors (Lipinski definition) is 5. The molecular weight excluding hydrogens is 282 g/mol. The predicted octanol–water partition coefficient (Wildman–Crippen LogP) is 1.23. The smallest absolute Gasteiger partial charge is 0.287 e. The molecule has 1 N–H and O–H groups in total. The van der Waals surface area contributed by atoms with Crippen LogP contribution in [0.5, 0.6) is 0 Å². The molecule has 1 aromatic rings. The van der Waals surface area contributed by atoms with E-state index in [0.29, 0.717) is 12.5 Å². The summed E-state index contributed by atoms with van der Waals surface area (Å²) in [4.78, 5) is 11.9. The van der Waals surface area contributed by atoms with Crippen LogP contribution >= 0.6 is 0 Å². The van der Waals surface area contributed by atoms with E-state index in [1.165, 1.54) is 12.1 Å². The van der Waals surface area contributed by atoms with E-state index >= 15 is 0 Å². The van der Waals surface area contributed by atoms with Gasteiger partial charge in [-0.1, -0.05) is 0 Å². The molecule has 0 aliphatic heterocycles. The fourth-order valence-electron chi connectivity index (χ4n) is 2.06. The number of ether oxygens (including phenoxy) is 1. The van der Waals surface area contributed by atoms with E-state index in [4.69, 9.17) is 9.15 Å². The van der Waals surface area contributed by atoms with Gasteiger partial charge in [0.2, 0.25) is 14.9 Å². The highest BCUT2D eigenvalue weighted by Gasteiger charge is 2.42. The zero-order valence-electron chi connectivity index (χ0n) is 11.8. The van der Waals surface area contributed by atoms with Crippen molar-refractivity contribution in [2.24, 2.45) is 5.92 Å². The SMILES string of the molecule is COC(C)(CNC(=O)c1ccc(S(C)(=O)=O)o1)C1CC1. The molecule has 0 bridgehead atoms. The highest BCUT2D eigenvalue weighted by Crippen LogP contribution is 2.41. The van der Waals surface area contributed by atoms with E-state index in [2.05, 4.69) is 5.32 Å². The first-order chi connectivity index (χ1) is 9.26. The van der Waals surface area contributed by atoms with Crippen LogP contribution in [0.2, 0.25) is 0 Å². The molecule has 1 unspecified atom stereocenters. The van der Waals surface area contributed by atoms with Crippen molar-refractivity contribution in [1.82, 2.24) is 5.32 Å². The van der Waals surface area contributed by atoms with Gasteiger partial charge >= 0.3 is 0 Å². The normalized spacial score (nSPS) is 18.6. The molecule has 1 saturated carbocycles. The summed E-state index contributed by atoms with van der Waals surface area (Å²) in [7, 11) is -1.81. The Morgan fingerprint density at radius 1 is 1.50 bits per heavy atom. The lowest BCUT2D eigenvalue weighted by molar-refractivity contribution is -0.0114. The number of carbonyl (C=O) groups excluding carboxylic acids is 1. The van der Waals surface area contributed by atoms with Gasteiger partial charge in [0.25, 0.3) is 5.91 Å². The van der Waals surface area contributed by atoms with Gasteiger partial charge in [-0.05, 0) is 37.8 Å². The molecule has 1 aliphatic rings. The van der Waals surface area contributed by atoms with E-state index in [-0.39, 0.29) is 16.5 Å². The molecule has 1 fully saturated rings. The highest BCUT2D eigenvalue weighted by atomic mass is 32.2. The lowest BCUT2D eigenvalue weighted by Crippen LogP contribution is -2.43. The molecular formula is C13H19NO5S. The van der Waals surface area contributed by atoms with E-state index < -0.39 is 15.7 Å². The molecule has 1 aliphatic carbocycles. The van der Waals surface area contributed by atoms with E-state index in [9.17, 15) is 13.2 Å². The van der Waals surface area contributed by atoms with Crippen molar-refractivity contribution in [2.75, 3.05) is 19.9 Å². The summed E-state index contributed by atoms with van der Waals surface area (Å²) in [6, 6.07) is 2.63. The predicted molar refractivity (Wildman–Crippen MR) is 72.3 cm³/mol. The standard InChI is InChI=1S/C13H19NO5S/c1-13(18-2,9-4-5-9)8-14-12(15)10-6-7-11(19-10)20(3,16)17/h6-7,9H,4-5,8H2,1-3H3,(H,14,15).